The third-order valence-corrected chi connectivity index (χ3v) is 7.60. The monoisotopic (exact) mass is 349 g/mol. The van der Waals surface area contributed by atoms with Gasteiger partial charge in [-0.15, -0.1) is 0 Å². The number of nitrogens with zero attached hydrogens (tertiary/aromatic N) is 1. The molecule has 3 unspecified atom stereocenters. The van der Waals surface area contributed by atoms with Crippen LogP contribution in [-0.4, -0.2) is 48.7 Å². The molecule has 0 aromatic carbocycles. The number of amides is 1. The topological polar surface area (TPSA) is 66.8 Å². The fourth-order valence-corrected chi connectivity index (χ4v) is 7.70. The second-order valence-electron chi connectivity index (χ2n) is 10.4. The number of carbonyl (C=O) groups is 2. The van der Waals surface area contributed by atoms with Gasteiger partial charge in [0.25, 0.3) is 0 Å². The van der Waals surface area contributed by atoms with Gasteiger partial charge in [0.2, 0.25) is 5.91 Å². The van der Waals surface area contributed by atoms with Gasteiger partial charge in [-0.2, -0.15) is 0 Å². The number of hydrogen-bond acceptors (Lipinski definition) is 3. The number of rotatable bonds is 4. The van der Waals surface area contributed by atoms with Crippen LogP contribution in [0.5, 0.6) is 0 Å². The van der Waals surface area contributed by atoms with E-state index in [9.17, 15) is 14.7 Å². The Morgan fingerprint density at radius 3 is 2.28 bits per heavy atom. The van der Waals surface area contributed by atoms with Crippen molar-refractivity contribution in [1.29, 1.82) is 0 Å². The minimum atomic E-state index is -0.930. The van der Waals surface area contributed by atoms with Crippen LogP contribution in [0.25, 0.3) is 0 Å². The van der Waals surface area contributed by atoms with E-state index in [1.807, 2.05) is 4.90 Å². The second-order valence-corrected chi connectivity index (χ2v) is 10.4. The molecule has 1 saturated heterocycles. The zero-order valence-electron chi connectivity index (χ0n) is 15.8. The Kier molecular flexibility index (Phi) is 3.61. The summed E-state index contributed by atoms with van der Waals surface area (Å²) in [4.78, 5) is 27.3. The molecule has 0 spiro atoms. The third kappa shape index (κ3) is 2.53. The molecule has 1 aliphatic heterocycles. The first-order valence-electron chi connectivity index (χ1n) is 9.65. The van der Waals surface area contributed by atoms with Gasteiger partial charge in [0.1, 0.15) is 5.41 Å². The lowest BCUT2D eigenvalue weighted by molar-refractivity contribution is -0.179. The SMILES string of the molecule is COCC1(C(=O)O)CCN(C(=O)C23CC4CC(C)(CC(C)(C4)C2)C3)C1. The van der Waals surface area contributed by atoms with E-state index in [4.69, 9.17) is 4.74 Å². The highest BCUT2D eigenvalue weighted by atomic mass is 16.5. The van der Waals surface area contributed by atoms with Crippen LogP contribution in [-0.2, 0) is 14.3 Å². The number of carboxylic acids is 1. The van der Waals surface area contributed by atoms with Gasteiger partial charge < -0.3 is 14.7 Å². The van der Waals surface area contributed by atoms with Crippen molar-refractivity contribution in [1.82, 2.24) is 4.90 Å². The summed E-state index contributed by atoms with van der Waals surface area (Å²) >= 11 is 0. The molecule has 3 atom stereocenters. The normalized spacial score (nSPS) is 48.1. The van der Waals surface area contributed by atoms with Gasteiger partial charge in [0.05, 0.1) is 12.0 Å². The largest absolute Gasteiger partial charge is 0.481 e. The Balaban J connectivity index is 1.59. The van der Waals surface area contributed by atoms with E-state index in [1.54, 1.807) is 0 Å². The van der Waals surface area contributed by atoms with Gasteiger partial charge in [-0.05, 0) is 61.7 Å². The molecule has 5 rings (SSSR count). The number of carbonyl (C=O) groups excluding carboxylic acids is 1. The van der Waals surface area contributed by atoms with Gasteiger partial charge >= 0.3 is 5.97 Å². The lowest BCUT2D eigenvalue weighted by Gasteiger charge is -2.65. The maximum atomic E-state index is 13.6. The van der Waals surface area contributed by atoms with Crippen LogP contribution < -0.4 is 0 Å². The number of likely N-dealkylation sites (tertiary alicyclic amines) is 1. The first-order chi connectivity index (χ1) is 11.6. The van der Waals surface area contributed by atoms with Crippen molar-refractivity contribution in [2.45, 2.75) is 58.8 Å². The molecular weight excluding hydrogens is 318 g/mol. The minimum absolute atomic E-state index is 0.178. The van der Waals surface area contributed by atoms with Crippen LogP contribution in [0.15, 0.2) is 0 Å². The van der Waals surface area contributed by atoms with Gasteiger partial charge in [-0.3, -0.25) is 9.59 Å². The van der Waals surface area contributed by atoms with Gasteiger partial charge in [0, 0.05) is 20.2 Å². The smallest absolute Gasteiger partial charge is 0.313 e. The summed E-state index contributed by atoms with van der Waals surface area (Å²) in [5, 5.41) is 9.69. The average Bonchev–Trinajstić information content (AvgIpc) is 2.88. The standard InChI is InChI=1S/C20H31NO4/c1-17-6-14-7-18(2,9-17)11-20(8-14,10-17)15(22)21-5-4-19(12-21,13-25-3)16(23)24/h14H,4-13H2,1-3H3,(H,23,24). The third-order valence-electron chi connectivity index (χ3n) is 7.60. The molecule has 0 radical (unpaired) electrons. The zero-order valence-corrected chi connectivity index (χ0v) is 15.8. The minimum Gasteiger partial charge on any atom is -0.481 e. The summed E-state index contributed by atoms with van der Waals surface area (Å²) < 4.78 is 5.18. The van der Waals surface area contributed by atoms with E-state index in [1.165, 1.54) is 26.4 Å². The molecule has 5 nitrogen and oxygen atoms in total. The number of aliphatic carboxylic acids is 1. The van der Waals surface area contributed by atoms with Crippen LogP contribution in [0.3, 0.4) is 0 Å². The summed E-state index contributed by atoms with van der Waals surface area (Å²) in [6, 6.07) is 0. The number of carboxylic acid groups (broad SMARTS) is 1. The van der Waals surface area contributed by atoms with E-state index in [-0.39, 0.29) is 17.9 Å². The summed E-state index contributed by atoms with van der Waals surface area (Å²) in [6.45, 7) is 5.77. The quantitative estimate of drug-likeness (QED) is 0.847. The van der Waals surface area contributed by atoms with Gasteiger partial charge in [-0.25, -0.2) is 0 Å². The van der Waals surface area contributed by atoms with Crippen LogP contribution in [0, 0.1) is 27.6 Å². The molecule has 1 amide bonds. The van der Waals surface area contributed by atoms with Crippen molar-refractivity contribution in [3.8, 4) is 0 Å². The van der Waals surface area contributed by atoms with E-state index >= 15 is 0 Å². The molecule has 4 aliphatic carbocycles. The zero-order chi connectivity index (χ0) is 18.1. The predicted molar refractivity (Wildman–Crippen MR) is 93.0 cm³/mol. The highest BCUT2D eigenvalue weighted by Crippen LogP contribution is 2.70. The van der Waals surface area contributed by atoms with E-state index in [0.717, 1.165) is 19.3 Å². The first kappa shape index (κ1) is 17.3. The van der Waals surface area contributed by atoms with E-state index < -0.39 is 11.4 Å². The number of methoxy groups -OCH3 is 1. The molecule has 0 aromatic rings. The molecule has 4 saturated carbocycles. The molecular formula is C20H31NO4. The summed E-state index contributed by atoms with van der Waals surface area (Å²) in [5.41, 5.74) is -0.592. The summed E-state index contributed by atoms with van der Waals surface area (Å²) in [5.74, 6) is 0.0587. The lowest BCUT2D eigenvalue weighted by Crippen LogP contribution is -2.60. The molecule has 1 N–H and O–H groups in total. The molecule has 4 bridgehead atoms. The van der Waals surface area contributed by atoms with E-state index in [2.05, 4.69) is 13.8 Å². The average molecular weight is 349 g/mol. The Labute approximate surface area is 150 Å². The molecule has 5 heteroatoms. The van der Waals surface area contributed by atoms with Crippen molar-refractivity contribution in [2.24, 2.45) is 27.6 Å². The van der Waals surface area contributed by atoms with Gasteiger partial charge in [-0.1, -0.05) is 13.8 Å². The Morgan fingerprint density at radius 2 is 1.76 bits per heavy atom. The van der Waals surface area contributed by atoms with Crippen LogP contribution >= 0.6 is 0 Å². The summed E-state index contributed by atoms with van der Waals surface area (Å²) in [6.07, 6.45) is 7.26. The summed E-state index contributed by atoms with van der Waals surface area (Å²) in [7, 11) is 1.54. The van der Waals surface area contributed by atoms with Crippen LogP contribution in [0.4, 0.5) is 0 Å². The van der Waals surface area contributed by atoms with Gasteiger partial charge in [0.15, 0.2) is 0 Å². The fourth-order valence-electron chi connectivity index (χ4n) is 7.70. The van der Waals surface area contributed by atoms with Crippen molar-refractivity contribution in [2.75, 3.05) is 26.8 Å². The van der Waals surface area contributed by atoms with E-state index in [0.29, 0.717) is 36.3 Å². The first-order valence-corrected chi connectivity index (χ1v) is 9.65. The predicted octanol–water partition coefficient (Wildman–Crippen LogP) is 2.93. The molecule has 140 valence electrons. The number of ether oxygens (including phenoxy) is 1. The van der Waals surface area contributed by atoms with Crippen LogP contribution in [0.1, 0.15) is 58.8 Å². The highest BCUT2D eigenvalue weighted by Gasteiger charge is 2.64. The Hall–Kier alpha value is -1.10. The Morgan fingerprint density at radius 1 is 1.12 bits per heavy atom. The van der Waals surface area contributed by atoms with Crippen molar-refractivity contribution in [3.63, 3.8) is 0 Å². The number of hydrogen-bond donors (Lipinski definition) is 1. The molecule has 1 heterocycles. The maximum absolute atomic E-state index is 13.6. The maximum Gasteiger partial charge on any atom is 0.313 e. The van der Waals surface area contributed by atoms with Crippen LogP contribution in [0.2, 0.25) is 0 Å². The fraction of sp³-hybridized carbons (Fsp3) is 0.900. The lowest BCUT2D eigenvalue weighted by atomic mass is 9.40. The molecule has 5 aliphatic rings. The molecule has 5 fully saturated rings. The Bertz CT molecular complexity index is 599. The molecule has 0 aromatic heterocycles. The molecule has 25 heavy (non-hydrogen) atoms. The van der Waals surface area contributed by atoms with Crippen molar-refractivity contribution >= 4 is 11.9 Å². The van der Waals surface area contributed by atoms with Crippen molar-refractivity contribution < 1.29 is 19.4 Å². The van der Waals surface area contributed by atoms with Crippen molar-refractivity contribution in [3.05, 3.63) is 0 Å². The highest BCUT2D eigenvalue weighted by molar-refractivity contribution is 5.85. The second kappa shape index (κ2) is 5.21.